The lowest BCUT2D eigenvalue weighted by Crippen LogP contribution is -2.54. The van der Waals surface area contributed by atoms with Crippen molar-refractivity contribution in [3.05, 3.63) is 156 Å². The van der Waals surface area contributed by atoms with Gasteiger partial charge in [-0.05, 0) is 52.6 Å². The zero-order valence-electron chi connectivity index (χ0n) is 32.4. The van der Waals surface area contributed by atoms with E-state index in [4.69, 9.17) is 18.9 Å². The van der Waals surface area contributed by atoms with E-state index in [1.807, 2.05) is 89.8 Å². The predicted molar refractivity (Wildman–Crippen MR) is 222 cm³/mol. The van der Waals surface area contributed by atoms with Crippen LogP contribution in [0, 0.1) is 5.92 Å². The first kappa shape index (κ1) is 39.0. The van der Waals surface area contributed by atoms with Crippen molar-refractivity contribution in [1.29, 1.82) is 0 Å². The highest BCUT2D eigenvalue weighted by Gasteiger charge is 2.75. The summed E-state index contributed by atoms with van der Waals surface area (Å²) in [4.78, 5) is 68.4. The number of hydrogen-bond donors (Lipinski definition) is 2. The molecule has 0 saturated carbocycles. The standard InChI is InChI=1S/C46H40N4O9S/c1-56-26-27-58-45(55)49-34-18-10-8-16-32(34)46(43(49)54)36(41(52)48-44-47-33-17-9-11-19-35(33)60-44)38-42(53)59-39(29-14-6-3-7-15-29)37(28-12-4-2-5-13-28)50(38)40(46)30-20-22-31(23-21-30)57-25-24-51/h2-23,36-40,51H,24-27H2,1H3,(H,47,48,52)/t36-,37-,38-,39+,40+,46-/m1/s1. The Balaban J connectivity index is 1.31. The summed E-state index contributed by atoms with van der Waals surface area (Å²) < 4.78 is 23.8. The van der Waals surface area contributed by atoms with Crippen molar-refractivity contribution in [3.63, 3.8) is 0 Å². The molecule has 3 amide bonds. The predicted octanol–water partition coefficient (Wildman–Crippen LogP) is 6.75. The van der Waals surface area contributed by atoms with Gasteiger partial charge in [-0.2, -0.15) is 0 Å². The summed E-state index contributed by atoms with van der Waals surface area (Å²) in [6.07, 6.45) is -1.83. The molecule has 0 aliphatic carbocycles. The molecule has 14 heteroatoms. The number of para-hydroxylation sites is 2. The van der Waals surface area contributed by atoms with Gasteiger partial charge in [0.15, 0.2) is 5.13 Å². The first-order valence-electron chi connectivity index (χ1n) is 19.5. The van der Waals surface area contributed by atoms with E-state index in [2.05, 4.69) is 10.3 Å². The molecule has 2 saturated heterocycles. The topological polar surface area (TPSA) is 157 Å². The van der Waals surface area contributed by atoms with E-state index in [0.29, 0.717) is 28.0 Å². The molecule has 1 aromatic heterocycles. The molecule has 2 fully saturated rings. The molecule has 0 bridgehead atoms. The quantitative estimate of drug-likeness (QED) is 0.105. The van der Waals surface area contributed by atoms with Gasteiger partial charge in [-0.3, -0.25) is 19.3 Å². The zero-order valence-corrected chi connectivity index (χ0v) is 33.2. The maximum absolute atomic E-state index is 16.0. The van der Waals surface area contributed by atoms with Gasteiger partial charge in [0.05, 0.1) is 47.1 Å². The van der Waals surface area contributed by atoms with Crippen LogP contribution >= 0.6 is 11.3 Å². The fourth-order valence-electron chi connectivity index (χ4n) is 9.14. The van der Waals surface area contributed by atoms with E-state index in [1.165, 1.54) is 18.4 Å². The number of aliphatic hydroxyl groups is 1. The minimum absolute atomic E-state index is 0.0571. The number of nitrogens with one attached hydrogen (secondary N) is 1. The van der Waals surface area contributed by atoms with Gasteiger partial charge in [0, 0.05) is 7.11 Å². The van der Waals surface area contributed by atoms with E-state index in [1.54, 1.807) is 48.5 Å². The second-order valence-corrected chi connectivity index (χ2v) is 15.7. The van der Waals surface area contributed by atoms with Crippen molar-refractivity contribution in [2.45, 2.75) is 29.6 Å². The number of carbonyl (C=O) groups is 4. The Morgan fingerprint density at radius 2 is 1.48 bits per heavy atom. The lowest BCUT2D eigenvalue weighted by atomic mass is 9.65. The highest BCUT2D eigenvalue weighted by atomic mass is 32.1. The Kier molecular flexibility index (Phi) is 10.6. The minimum atomic E-state index is -1.94. The third-order valence-corrected chi connectivity index (χ3v) is 12.4. The van der Waals surface area contributed by atoms with Gasteiger partial charge in [-0.25, -0.2) is 14.7 Å². The third kappa shape index (κ3) is 6.48. The number of cyclic esters (lactones) is 1. The van der Waals surface area contributed by atoms with E-state index < -0.39 is 59.4 Å². The molecule has 3 aliphatic rings. The highest BCUT2D eigenvalue weighted by Crippen LogP contribution is 2.66. The molecule has 304 valence electrons. The number of thiazole rings is 1. The Hall–Kier alpha value is -6.45. The minimum Gasteiger partial charge on any atom is -0.491 e. The van der Waals surface area contributed by atoms with Gasteiger partial charge >= 0.3 is 12.1 Å². The number of esters is 1. The highest BCUT2D eigenvalue weighted by molar-refractivity contribution is 7.22. The maximum atomic E-state index is 16.0. The van der Waals surface area contributed by atoms with Crippen molar-refractivity contribution in [2.75, 3.05) is 43.8 Å². The van der Waals surface area contributed by atoms with Crippen LogP contribution in [0.2, 0.25) is 0 Å². The molecule has 2 N–H and O–H groups in total. The summed E-state index contributed by atoms with van der Waals surface area (Å²) in [7, 11) is 1.47. The Bertz CT molecular complexity index is 2520. The van der Waals surface area contributed by atoms with Gasteiger partial charge in [0.2, 0.25) is 11.8 Å². The van der Waals surface area contributed by atoms with Crippen LogP contribution in [0.3, 0.4) is 0 Å². The van der Waals surface area contributed by atoms with Crippen LogP contribution in [-0.4, -0.2) is 78.4 Å². The molecule has 4 heterocycles. The fourth-order valence-corrected chi connectivity index (χ4v) is 10.0. The van der Waals surface area contributed by atoms with E-state index in [0.717, 1.165) is 15.2 Å². The lowest BCUT2D eigenvalue weighted by molar-refractivity contribution is -0.177. The first-order valence-corrected chi connectivity index (χ1v) is 20.4. The summed E-state index contributed by atoms with van der Waals surface area (Å²) in [6.45, 7) is -0.188. The Morgan fingerprint density at radius 1 is 0.800 bits per heavy atom. The number of imide groups is 1. The molecule has 9 rings (SSSR count). The molecule has 6 aromatic rings. The average Bonchev–Trinajstić information content (AvgIpc) is 3.92. The maximum Gasteiger partial charge on any atom is 0.421 e. The number of fused-ring (bicyclic) bond motifs is 4. The number of morpholine rings is 1. The summed E-state index contributed by atoms with van der Waals surface area (Å²) in [5, 5.41) is 12.8. The van der Waals surface area contributed by atoms with Gasteiger partial charge in [0.25, 0.3) is 0 Å². The number of rotatable bonds is 11. The van der Waals surface area contributed by atoms with Crippen LogP contribution in [0.5, 0.6) is 5.75 Å². The zero-order chi connectivity index (χ0) is 41.4. The molecular formula is C46H40N4O9S. The molecular weight excluding hydrogens is 785 g/mol. The van der Waals surface area contributed by atoms with Gasteiger partial charge in [0.1, 0.15) is 36.5 Å². The van der Waals surface area contributed by atoms with Crippen molar-refractivity contribution in [3.8, 4) is 5.75 Å². The SMILES string of the molecule is COCCOC(=O)N1C(=O)[C@@]2(c3ccccc31)[C@H](c1ccc(OCCO)cc1)N1[C@H](c3ccccc3)[C@H](c3ccccc3)OC(=O)[C@H]1[C@@H]2C(=O)Nc1nc2ccccc2s1. The lowest BCUT2D eigenvalue weighted by Gasteiger charge is -2.46. The molecule has 3 aliphatic heterocycles. The number of aromatic nitrogens is 1. The Morgan fingerprint density at radius 3 is 2.20 bits per heavy atom. The number of nitrogens with zero attached hydrogens (tertiary/aromatic N) is 3. The molecule has 6 atom stereocenters. The number of hydrogen-bond acceptors (Lipinski definition) is 12. The van der Waals surface area contributed by atoms with Crippen molar-refractivity contribution >= 4 is 56.2 Å². The van der Waals surface area contributed by atoms with Crippen molar-refractivity contribution in [1.82, 2.24) is 9.88 Å². The van der Waals surface area contributed by atoms with Crippen molar-refractivity contribution < 1.29 is 43.2 Å². The van der Waals surface area contributed by atoms with Crippen LogP contribution in [0.15, 0.2) is 133 Å². The Labute approximate surface area is 349 Å². The molecule has 0 radical (unpaired) electrons. The van der Waals surface area contributed by atoms with E-state index in [9.17, 15) is 9.90 Å². The summed E-state index contributed by atoms with van der Waals surface area (Å²) >= 11 is 1.26. The molecule has 13 nitrogen and oxygen atoms in total. The molecule has 0 unspecified atom stereocenters. The summed E-state index contributed by atoms with van der Waals surface area (Å²) in [5.74, 6) is -3.14. The third-order valence-electron chi connectivity index (χ3n) is 11.4. The summed E-state index contributed by atoms with van der Waals surface area (Å²) in [6, 6.07) is 37.0. The largest absolute Gasteiger partial charge is 0.491 e. The number of methoxy groups -OCH3 is 1. The number of benzene rings is 5. The fraction of sp³-hybridized carbons (Fsp3) is 0.239. The average molecular weight is 825 g/mol. The number of anilines is 2. The first-order chi connectivity index (χ1) is 29.4. The monoisotopic (exact) mass is 824 g/mol. The van der Waals surface area contributed by atoms with Gasteiger partial charge in [-0.15, -0.1) is 0 Å². The molecule has 60 heavy (non-hydrogen) atoms. The molecule has 1 spiro atoms. The van der Waals surface area contributed by atoms with Crippen molar-refractivity contribution in [2.24, 2.45) is 5.92 Å². The number of amides is 3. The van der Waals surface area contributed by atoms with E-state index in [-0.39, 0.29) is 37.2 Å². The van der Waals surface area contributed by atoms with Gasteiger partial charge in [-0.1, -0.05) is 114 Å². The number of carbonyl (C=O) groups excluding carboxylic acids is 4. The molecule has 5 aromatic carbocycles. The van der Waals surface area contributed by atoms with Crippen LogP contribution in [0.4, 0.5) is 15.6 Å². The summed E-state index contributed by atoms with van der Waals surface area (Å²) in [5.41, 5.74) is 1.36. The van der Waals surface area contributed by atoms with E-state index >= 15 is 14.4 Å². The van der Waals surface area contributed by atoms with Gasteiger partial charge < -0.3 is 29.4 Å². The second-order valence-electron chi connectivity index (χ2n) is 14.6. The number of ether oxygens (including phenoxy) is 4. The second kappa shape index (κ2) is 16.3. The van der Waals surface area contributed by atoms with Crippen LogP contribution in [0.25, 0.3) is 10.2 Å². The number of aliphatic hydroxyl groups excluding tert-OH is 1. The van der Waals surface area contributed by atoms with Crippen LogP contribution in [0.1, 0.15) is 40.4 Å². The smallest absolute Gasteiger partial charge is 0.421 e. The normalized spacial score (nSPS) is 23.3. The van der Waals surface area contributed by atoms with Crippen LogP contribution < -0.4 is 15.0 Å². The van der Waals surface area contributed by atoms with Crippen LogP contribution in [-0.2, 0) is 34.0 Å².